The molecule has 0 bridgehead atoms. The van der Waals surface area contributed by atoms with Crippen LogP contribution in [0, 0.1) is 12.8 Å². The quantitative estimate of drug-likeness (QED) is 0.637. The summed E-state index contributed by atoms with van der Waals surface area (Å²) >= 11 is 0. The van der Waals surface area contributed by atoms with E-state index in [-0.39, 0.29) is 16.7 Å². The maximum atomic E-state index is 13.3. The summed E-state index contributed by atoms with van der Waals surface area (Å²) in [7, 11) is -2.07. The molecule has 2 fully saturated rings. The molecule has 9 nitrogen and oxygen atoms in total. The Morgan fingerprint density at radius 2 is 1.76 bits per heavy atom. The van der Waals surface area contributed by atoms with Crippen molar-refractivity contribution in [3.05, 3.63) is 36.0 Å². The standard InChI is InChI=1S/C23H32N4O5S/c1-17-24-22(26-32-17)23(13-5-3-4-6-14-23)25-21(28)18-11-15-27(16-12-18)33(29,30)20-9-7-19(31-2)8-10-20/h7-10,18H,3-6,11-16H2,1-2H3,(H,25,28). The van der Waals surface area contributed by atoms with Crippen LogP contribution in [0.1, 0.15) is 63.1 Å². The van der Waals surface area contributed by atoms with E-state index in [0.29, 0.717) is 43.4 Å². The molecule has 0 unspecified atom stereocenters. The molecule has 1 saturated heterocycles. The van der Waals surface area contributed by atoms with Gasteiger partial charge in [-0.05, 0) is 49.9 Å². The highest BCUT2D eigenvalue weighted by Gasteiger charge is 2.41. The van der Waals surface area contributed by atoms with Crippen LogP contribution in [0.2, 0.25) is 0 Å². The van der Waals surface area contributed by atoms with Crippen LogP contribution in [0.4, 0.5) is 0 Å². The zero-order valence-corrected chi connectivity index (χ0v) is 20.1. The fraction of sp³-hybridized carbons (Fsp3) is 0.609. The zero-order valence-electron chi connectivity index (χ0n) is 19.2. The number of benzene rings is 1. The summed E-state index contributed by atoms with van der Waals surface area (Å²) in [6, 6.07) is 6.38. The molecule has 0 radical (unpaired) electrons. The number of nitrogens with zero attached hydrogens (tertiary/aromatic N) is 3. The summed E-state index contributed by atoms with van der Waals surface area (Å²) in [5, 5.41) is 7.41. The van der Waals surface area contributed by atoms with E-state index >= 15 is 0 Å². The van der Waals surface area contributed by atoms with Crippen LogP contribution in [-0.2, 0) is 20.4 Å². The highest BCUT2D eigenvalue weighted by molar-refractivity contribution is 7.89. The summed E-state index contributed by atoms with van der Waals surface area (Å²) in [6.45, 7) is 2.36. The predicted octanol–water partition coefficient (Wildman–Crippen LogP) is 3.15. The minimum atomic E-state index is -3.61. The van der Waals surface area contributed by atoms with Crippen molar-refractivity contribution in [1.82, 2.24) is 19.8 Å². The summed E-state index contributed by atoms with van der Waals surface area (Å²) in [5.41, 5.74) is -0.613. The Balaban J connectivity index is 1.42. The number of sulfonamides is 1. The van der Waals surface area contributed by atoms with Gasteiger partial charge in [0, 0.05) is 25.9 Å². The topological polar surface area (TPSA) is 115 Å². The van der Waals surface area contributed by atoms with Gasteiger partial charge in [0.1, 0.15) is 11.3 Å². The van der Waals surface area contributed by atoms with Gasteiger partial charge >= 0.3 is 0 Å². The van der Waals surface area contributed by atoms with Gasteiger partial charge < -0.3 is 14.6 Å². The van der Waals surface area contributed by atoms with Crippen LogP contribution >= 0.6 is 0 Å². The minimum Gasteiger partial charge on any atom is -0.497 e. The van der Waals surface area contributed by atoms with Crippen LogP contribution in [0.15, 0.2) is 33.7 Å². The van der Waals surface area contributed by atoms with Crippen molar-refractivity contribution in [2.24, 2.45) is 5.92 Å². The number of hydrogen-bond donors (Lipinski definition) is 1. The van der Waals surface area contributed by atoms with E-state index in [1.807, 2.05) is 0 Å². The molecule has 1 aliphatic carbocycles. The van der Waals surface area contributed by atoms with Crippen LogP contribution in [0.5, 0.6) is 5.75 Å². The molecule has 1 saturated carbocycles. The molecule has 1 N–H and O–H groups in total. The number of rotatable bonds is 6. The minimum absolute atomic E-state index is 0.0548. The Bertz CT molecular complexity index is 1050. The number of aromatic nitrogens is 2. The third-order valence-electron chi connectivity index (χ3n) is 6.80. The van der Waals surface area contributed by atoms with Gasteiger partial charge in [0.25, 0.3) is 0 Å². The van der Waals surface area contributed by atoms with Gasteiger partial charge in [-0.15, -0.1) is 0 Å². The molecule has 2 aliphatic rings. The van der Waals surface area contributed by atoms with E-state index < -0.39 is 15.6 Å². The second-order valence-corrected chi connectivity index (χ2v) is 10.9. The van der Waals surface area contributed by atoms with E-state index in [2.05, 4.69) is 15.5 Å². The molecular weight excluding hydrogens is 444 g/mol. The Kier molecular flexibility index (Phi) is 7.04. The molecule has 1 aromatic heterocycles. The van der Waals surface area contributed by atoms with Crippen molar-refractivity contribution in [1.29, 1.82) is 0 Å². The van der Waals surface area contributed by atoms with E-state index in [0.717, 1.165) is 38.5 Å². The molecule has 33 heavy (non-hydrogen) atoms. The largest absolute Gasteiger partial charge is 0.497 e. The van der Waals surface area contributed by atoms with E-state index in [4.69, 9.17) is 9.26 Å². The third kappa shape index (κ3) is 5.06. The number of methoxy groups -OCH3 is 1. The average Bonchev–Trinajstić information content (AvgIpc) is 3.14. The molecule has 2 heterocycles. The highest BCUT2D eigenvalue weighted by Crippen LogP contribution is 2.35. The van der Waals surface area contributed by atoms with Crippen molar-refractivity contribution in [3.8, 4) is 5.75 Å². The lowest BCUT2D eigenvalue weighted by atomic mass is 9.87. The molecule has 4 rings (SSSR count). The molecule has 2 aromatic rings. The number of nitrogens with one attached hydrogen (secondary N) is 1. The van der Waals surface area contributed by atoms with Crippen LogP contribution in [0.25, 0.3) is 0 Å². The van der Waals surface area contributed by atoms with Crippen molar-refractivity contribution in [2.75, 3.05) is 20.2 Å². The van der Waals surface area contributed by atoms with Crippen LogP contribution < -0.4 is 10.1 Å². The number of hydrogen-bond acceptors (Lipinski definition) is 7. The number of carbonyl (C=O) groups excluding carboxylic acids is 1. The molecule has 10 heteroatoms. The van der Waals surface area contributed by atoms with Crippen LogP contribution in [0.3, 0.4) is 0 Å². The summed E-state index contributed by atoms with van der Waals surface area (Å²) < 4.78 is 37.8. The first-order chi connectivity index (χ1) is 15.8. The lowest BCUT2D eigenvalue weighted by Crippen LogP contribution is -2.50. The Hall–Kier alpha value is -2.46. The van der Waals surface area contributed by atoms with Gasteiger partial charge in [0.15, 0.2) is 5.82 Å². The average molecular weight is 477 g/mol. The molecular formula is C23H32N4O5S. The Morgan fingerprint density at radius 1 is 1.12 bits per heavy atom. The predicted molar refractivity (Wildman–Crippen MR) is 121 cm³/mol. The third-order valence-corrected chi connectivity index (χ3v) is 8.71. The lowest BCUT2D eigenvalue weighted by Gasteiger charge is -2.35. The van der Waals surface area contributed by atoms with Gasteiger partial charge in [-0.1, -0.05) is 30.8 Å². The van der Waals surface area contributed by atoms with Gasteiger partial charge in [0.05, 0.1) is 12.0 Å². The number of piperidine rings is 1. The molecule has 1 amide bonds. The first-order valence-corrected chi connectivity index (χ1v) is 13.1. The van der Waals surface area contributed by atoms with E-state index in [9.17, 15) is 13.2 Å². The smallest absolute Gasteiger partial charge is 0.243 e. The normalized spacial score (nSPS) is 20.2. The Labute approximate surface area is 194 Å². The second-order valence-electron chi connectivity index (χ2n) is 8.98. The summed E-state index contributed by atoms with van der Waals surface area (Å²) in [6.07, 6.45) is 6.74. The Morgan fingerprint density at radius 3 is 2.30 bits per heavy atom. The number of carbonyl (C=O) groups is 1. The van der Waals surface area contributed by atoms with Gasteiger partial charge in [0.2, 0.25) is 21.8 Å². The van der Waals surface area contributed by atoms with Crippen molar-refractivity contribution >= 4 is 15.9 Å². The van der Waals surface area contributed by atoms with E-state index in [1.165, 1.54) is 4.31 Å². The van der Waals surface area contributed by atoms with Crippen LogP contribution in [-0.4, -0.2) is 49.0 Å². The van der Waals surface area contributed by atoms with Crippen molar-refractivity contribution in [2.45, 2.75) is 68.7 Å². The van der Waals surface area contributed by atoms with Gasteiger partial charge in [-0.2, -0.15) is 9.29 Å². The highest BCUT2D eigenvalue weighted by atomic mass is 32.2. The van der Waals surface area contributed by atoms with Gasteiger partial charge in [-0.3, -0.25) is 4.79 Å². The second kappa shape index (κ2) is 9.80. The monoisotopic (exact) mass is 476 g/mol. The molecule has 1 aliphatic heterocycles. The SMILES string of the molecule is COc1ccc(S(=O)(=O)N2CCC(C(=O)NC3(c4noc(C)n4)CCCCCC3)CC2)cc1. The van der Waals surface area contributed by atoms with Crippen molar-refractivity contribution < 1.29 is 22.5 Å². The molecule has 180 valence electrons. The van der Waals surface area contributed by atoms with E-state index in [1.54, 1.807) is 38.3 Å². The molecule has 1 aromatic carbocycles. The maximum Gasteiger partial charge on any atom is 0.243 e. The maximum absolute atomic E-state index is 13.3. The number of amides is 1. The first-order valence-electron chi connectivity index (χ1n) is 11.6. The van der Waals surface area contributed by atoms with Crippen molar-refractivity contribution in [3.63, 3.8) is 0 Å². The lowest BCUT2D eigenvalue weighted by molar-refractivity contribution is -0.128. The fourth-order valence-corrected chi connectivity index (χ4v) is 6.29. The zero-order chi connectivity index (χ0) is 23.5. The molecule has 0 atom stereocenters. The summed E-state index contributed by atoms with van der Waals surface area (Å²) in [4.78, 5) is 18.0. The number of aryl methyl sites for hydroxylation is 1. The fourth-order valence-electron chi connectivity index (χ4n) is 4.82. The van der Waals surface area contributed by atoms with Gasteiger partial charge in [-0.25, -0.2) is 8.42 Å². The first kappa shape index (κ1) is 23.7. The number of ether oxygens (including phenoxy) is 1. The molecule has 0 spiro atoms. The summed E-state index contributed by atoms with van der Waals surface area (Å²) in [5.74, 6) is 1.34.